The van der Waals surface area contributed by atoms with Gasteiger partial charge in [-0.15, -0.1) is 0 Å². The zero-order valence-electron chi connectivity index (χ0n) is 18.2. The van der Waals surface area contributed by atoms with Gasteiger partial charge in [0.15, 0.2) is 16.7 Å². The lowest BCUT2D eigenvalue weighted by Crippen LogP contribution is -2.19. The van der Waals surface area contributed by atoms with E-state index >= 15 is 0 Å². The Hall–Kier alpha value is -4.02. The quantitative estimate of drug-likeness (QED) is 0.507. The van der Waals surface area contributed by atoms with Crippen LogP contribution in [0.25, 0.3) is 6.08 Å². The Bertz CT molecular complexity index is 1290. The van der Waals surface area contributed by atoms with Crippen molar-refractivity contribution in [2.45, 2.75) is 13.5 Å². The molecule has 4 rings (SSSR count). The molecule has 0 atom stereocenters. The number of nitrogens with one attached hydrogen (secondary N) is 1. The van der Waals surface area contributed by atoms with Crippen molar-refractivity contribution >= 4 is 34.6 Å². The van der Waals surface area contributed by atoms with Crippen LogP contribution in [-0.2, 0) is 11.4 Å². The SMILES string of the molecule is COc1cc(/C=C2\SC(=Nc3ccc(C)cc3)NC2=O)ccc1OCc1ccccc1C#N. The van der Waals surface area contributed by atoms with Crippen LogP contribution in [0.4, 0.5) is 5.69 Å². The monoisotopic (exact) mass is 455 g/mol. The van der Waals surface area contributed by atoms with E-state index in [2.05, 4.69) is 16.4 Å². The summed E-state index contributed by atoms with van der Waals surface area (Å²) in [6.45, 7) is 2.26. The summed E-state index contributed by atoms with van der Waals surface area (Å²) in [5.41, 5.74) is 4.10. The van der Waals surface area contributed by atoms with Gasteiger partial charge in [0.05, 0.1) is 29.3 Å². The van der Waals surface area contributed by atoms with Gasteiger partial charge in [0.25, 0.3) is 5.91 Å². The predicted octanol–water partition coefficient (Wildman–Crippen LogP) is 5.35. The number of hydrogen-bond donors (Lipinski definition) is 1. The molecule has 0 saturated carbocycles. The fraction of sp³-hybridized carbons (Fsp3) is 0.115. The Balaban J connectivity index is 1.49. The number of amidine groups is 1. The second-order valence-corrected chi connectivity index (χ2v) is 8.32. The average Bonchev–Trinajstić information content (AvgIpc) is 3.18. The third-order valence-electron chi connectivity index (χ3n) is 4.92. The van der Waals surface area contributed by atoms with Gasteiger partial charge in [-0.2, -0.15) is 5.26 Å². The first kappa shape index (κ1) is 22.2. The average molecular weight is 456 g/mol. The lowest BCUT2D eigenvalue weighted by Gasteiger charge is -2.12. The molecule has 1 aliphatic heterocycles. The predicted molar refractivity (Wildman–Crippen MR) is 130 cm³/mol. The molecule has 7 heteroatoms. The standard InChI is InChI=1S/C26H21N3O3S/c1-17-7-10-21(11-8-17)28-26-29-25(30)24(33-26)14-18-9-12-22(23(13-18)31-2)32-16-20-6-4-3-5-19(20)15-27/h3-14H,16H2,1-2H3,(H,28,29,30)/b24-14-. The highest BCUT2D eigenvalue weighted by Gasteiger charge is 2.24. The number of amides is 1. The lowest BCUT2D eigenvalue weighted by molar-refractivity contribution is -0.115. The molecular formula is C26H21N3O3S. The molecule has 1 saturated heterocycles. The normalized spacial score (nSPS) is 15.4. The molecular weight excluding hydrogens is 434 g/mol. The van der Waals surface area contributed by atoms with Gasteiger partial charge in [-0.1, -0.05) is 42.0 Å². The zero-order chi connectivity index (χ0) is 23.2. The minimum absolute atomic E-state index is 0.196. The van der Waals surface area contributed by atoms with E-state index in [-0.39, 0.29) is 12.5 Å². The fourth-order valence-corrected chi connectivity index (χ4v) is 4.01. The Labute approximate surface area is 196 Å². The lowest BCUT2D eigenvalue weighted by atomic mass is 10.1. The van der Waals surface area contributed by atoms with Crippen LogP contribution in [0.3, 0.4) is 0 Å². The summed E-state index contributed by atoms with van der Waals surface area (Å²) < 4.78 is 11.4. The Morgan fingerprint density at radius 1 is 1.09 bits per heavy atom. The largest absolute Gasteiger partial charge is 0.493 e. The number of carbonyl (C=O) groups excluding carboxylic acids is 1. The summed E-state index contributed by atoms with van der Waals surface area (Å²) in [5, 5.41) is 12.6. The fourth-order valence-electron chi connectivity index (χ4n) is 3.17. The van der Waals surface area contributed by atoms with E-state index in [9.17, 15) is 10.1 Å². The van der Waals surface area contributed by atoms with Crippen molar-refractivity contribution in [3.8, 4) is 17.6 Å². The Morgan fingerprint density at radius 3 is 2.64 bits per heavy atom. The molecule has 0 aromatic heterocycles. The smallest absolute Gasteiger partial charge is 0.264 e. The summed E-state index contributed by atoms with van der Waals surface area (Å²) in [4.78, 5) is 17.4. The third-order valence-corrected chi connectivity index (χ3v) is 5.83. The van der Waals surface area contributed by atoms with Gasteiger partial charge in [0.2, 0.25) is 0 Å². The maximum Gasteiger partial charge on any atom is 0.264 e. The maximum atomic E-state index is 12.4. The van der Waals surface area contributed by atoms with Crippen molar-refractivity contribution < 1.29 is 14.3 Å². The molecule has 0 bridgehead atoms. The van der Waals surface area contributed by atoms with Crippen LogP contribution in [0.1, 0.15) is 22.3 Å². The van der Waals surface area contributed by atoms with Gasteiger partial charge in [-0.3, -0.25) is 4.79 Å². The molecule has 164 valence electrons. The van der Waals surface area contributed by atoms with Crippen LogP contribution in [0.2, 0.25) is 0 Å². The summed E-state index contributed by atoms with van der Waals surface area (Å²) >= 11 is 1.29. The highest BCUT2D eigenvalue weighted by Crippen LogP contribution is 2.33. The first-order valence-electron chi connectivity index (χ1n) is 10.2. The molecule has 0 unspecified atom stereocenters. The van der Waals surface area contributed by atoms with Gasteiger partial charge in [-0.05, 0) is 60.7 Å². The molecule has 1 N–H and O–H groups in total. The van der Waals surface area contributed by atoms with Gasteiger partial charge in [-0.25, -0.2) is 4.99 Å². The molecule has 1 amide bonds. The van der Waals surface area contributed by atoms with E-state index in [0.717, 1.165) is 22.4 Å². The number of methoxy groups -OCH3 is 1. The van der Waals surface area contributed by atoms with Crippen LogP contribution < -0.4 is 14.8 Å². The first-order chi connectivity index (χ1) is 16.1. The number of benzene rings is 3. The number of aliphatic imine (C=N–C) groups is 1. The summed E-state index contributed by atoms with van der Waals surface area (Å²) in [7, 11) is 1.56. The maximum absolute atomic E-state index is 12.4. The number of rotatable bonds is 6. The van der Waals surface area contributed by atoms with Crippen molar-refractivity contribution in [1.29, 1.82) is 5.26 Å². The van der Waals surface area contributed by atoms with Gasteiger partial charge >= 0.3 is 0 Å². The molecule has 3 aromatic rings. The van der Waals surface area contributed by atoms with Gasteiger partial charge < -0.3 is 14.8 Å². The molecule has 1 aliphatic rings. The second-order valence-electron chi connectivity index (χ2n) is 7.29. The number of ether oxygens (including phenoxy) is 2. The number of aryl methyl sites for hydroxylation is 1. The van der Waals surface area contributed by atoms with Crippen LogP contribution >= 0.6 is 11.8 Å². The van der Waals surface area contributed by atoms with Crippen molar-refractivity contribution in [1.82, 2.24) is 5.32 Å². The van der Waals surface area contributed by atoms with Gasteiger partial charge in [0, 0.05) is 5.56 Å². The molecule has 33 heavy (non-hydrogen) atoms. The number of nitriles is 1. The van der Waals surface area contributed by atoms with E-state index in [1.54, 1.807) is 25.3 Å². The summed E-state index contributed by atoms with van der Waals surface area (Å²) in [6.07, 6.45) is 1.79. The van der Waals surface area contributed by atoms with E-state index in [4.69, 9.17) is 9.47 Å². The molecule has 0 radical (unpaired) electrons. The molecule has 3 aromatic carbocycles. The van der Waals surface area contributed by atoms with Crippen LogP contribution in [0.5, 0.6) is 11.5 Å². The number of carbonyl (C=O) groups is 1. The van der Waals surface area contributed by atoms with E-state index in [1.165, 1.54) is 11.8 Å². The first-order valence-corrected chi connectivity index (χ1v) is 11.0. The van der Waals surface area contributed by atoms with E-state index in [1.807, 2.05) is 61.5 Å². The van der Waals surface area contributed by atoms with Crippen molar-refractivity contribution in [2.75, 3.05) is 7.11 Å². The highest BCUT2D eigenvalue weighted by molar-refractivity contribution is 8.18. The van der Waals surface area contributed by atoms with Gasteiger partial charge in [0.1, 0.15) is 6.61 Å². The molecule has 0 spiro atoms. The Kier molecular flexibility index (Phi) is 6.77. The zero-order valence-corrected chi connectivity index (χ0v) is 19.0. The second kappa shape index (κ2) is 10.1. The van der Waals surface area contributed by atoms with E-state index in [0.29, 0.717) is 27.1 Å². The summed E-state index contributed by atoms with van der Waals surface area (Å²) in [5.74, 6) is 0.895. The molecule has 0 aliphatic carbocycles. The van der Waals surface area contributed by atoms with Crippen LogP contribution in [-0.4, -0.2) is 18.2 Å². The number of hydrogen-bond acceptors (Lipinski definition) is 6. The summed E-state index contributed by atoms with van der Waals surface area (Å²) in [6, 6.07) is 22.7. The molecule has 1 heterocycles. The number of thioether (sulfide) groups is 1. The minimum Gasteiger partial charge on any atom is -0.493 e. The van der Waals surface area contributed by atoms with Crippen molar-refractivity contribution in [3.05, 3.63) is 93.9 Å². The topological polar surface area (TPSA) is 83.7 Å². The highest BCUT2D eigenvalue weighted by atomic mass is 32.2. The molecule has 6 nitrogen and oxygen atoms in total. The third kappa shape index (κ3) is 5.43. The van der Waals surface area contributed by atoms with Crippen LogP contribution in [0, 0.1) is 18.3 Å². The van der Waals surface area contributed by atoms with Crippen molar-refractivity contribution in [3.63, 3.8) is 0 Å². The number of nitrogens with zero attached hydrogens (tertiary/aromatic N) is 2. The Morgan fingerprint density at radius 2 is 1.88 bits per heavy atom. The minimum atomic E-state index is -0.196. The van der Waals surface area contributed by atoms with Crippen LogP contribution in [0.15, 0.2) is 76.6 Å². The van der Waals surface area contributed by atoms with E-state index < -0.39 is 0 Å². The molecule has 1 fully saturated rings. The van der Waals surface area contributed by atoms with Crippen molar-refractivity contribution in [2.24, 2.45) is 4.99 Å².